The third kappa shape index (κ3) is 14.5. The van der Waals surface area contributed by atoms with E-state index in [1.807, 2.05) is 215 Å². The molecule has 0 unspecified atom stereocenters. The van der Waals surface area contributed by atoms with E-state index in [9.17, 15) is 0 Å². The topological polar surface area (TPSA) is 174 Å². The van der Waals surface area contributed by atoms with Crippen LogP contribution in [0.25, 0.3) is 114 Å². The van der Waals surface area contributed by atoms with Crippen molar-refractivity contribution in [1.29, 1.82) is 0 Å². The lowest BCUT2D eigenvalue weighted by molar-refractivity contribution is 1.05. The van der Waals surface area contributed by atoms with Gasteiger partial charge in [0.25, 0.3) is 0 Å². The van der Waals surface area contributed by atoms with E-state index in [0.29, 0.717) is 5.82 Å². The van der Waals surface area contributed by atoms with E-state index in [1.54, 1.807) is 37.2 Å². The highest BCUT2D eigenvalue weighted by molar-refractivity contribution is 9.10. The van der Waals surface area contributed by atoms with Crippen LogP contribution in [0.5, 0.6) is 0 Å². The molecule has 8 aromatic carbocycles. The van der Waals surface area contributed by atoms with Gasteiger partial charge in [-0.15, -0.1) is 40.8 Å². The number of aryl methyl sites for hydroxylation is 2. The zero-order chi connectivity index (χ0) is 65.4. The van der Waals surface area contributed by atoms with Crippen molar-refractivity contribution in [3.63, 3.8) is 0 Å². The van der Waals surface area contributed by atoms with Gasteiger partial charge in [0, 0.05) is 90.9 Å². The Morgan fingerprint density at radius 1 is 0.219 bits per heavy atom. The van der Waals surface area contributed by atoms with Crippen LogP contribution in [0.2, 0.25) is 0 Å². The Morgan fingerprint density at radius 2 is 0.458 bits per heavy atom. The summed E-state index contributed by atoms with van der Waals surface area (Å²) in [5.41, 5.74) is 14.1. The zero-order valence-electron chi connectivity index (χ0n) is 51.9. The molecule has 8 aromatic heterocycles. The molecule has 0 spiro atoms. The van der Waals surface area contributed by atoms with Gasteiger partial charge in [-0.2, -0.15) is 0 Å². The van der Waals surface area contributed by atoms with Crippen molar-refractivity contribution in [3.8, 4) is 114 Å². The molecule has 0 atom stereocenters. The molecule has 0 radical (unpaired) electrons. The van der Waals surface area contributed by atoms with E-state index in [2.05, 4.69) is 188 Å². The fourth-order valence-electron chi connectivity index (χ4n) is 10.5. The van der Waals surface area contributed by atoms with E-state index in [1.165, 1.54) is 11.1 Å². The first-order chi connectivity index (χ1) is 47.3. The lowest BCUT2D eigenvalue weighted by atomic mass is 10.1. The fraction of sp³-hybridized carbons (Fsp3) is 0.0256. The Hall–Kier alpha value is -12.1. The van der Waals surface area contributed by atoms with E-state index >= 15 is 0 Å². The first-order valence-electron chi connectivity index (χ1n) is 30.6. The molecule has 0 amide bonds. The number of hydrogen-bond acceptors (Lipinski definition) is 12. The van der Waals surface area contributed by atoms with Crippen molar-refractivity contribution in [3.05, 3.63) is 336 Å². The molecule has 0 saturated carbocycles. The summed E-state index contributed by atoms with van der Waals surface area (Å²) in [6, 6.07) is 92.6. The molecule has 0 fully saturated rings. The predicted molar refractivity (Wildman–Crippen MR) is 385 cm³/mol. The molecule has 0 aliphatic carbocycles. The number of rotatable bonds is 12. The van der Waals surface area contributed by atoms with Gasteiger partial charge in [-0.05, 0) is 111 Å². The van der Waals surface area contributed by atoms with Crippen molar-refractivity contribution in [1.82, 2.24) is 79.0 Å². The molecule has 16 aromatic rings. The molecule has 0 aliphatic heterocycles. The summed E-state index contributed by atoms with van der Waals surface area (Å²) in [4.78, 5) is 17.1. The Balaban J connectivity index is 0.000000116. The molecule has 8 heterocycles. The maximum absolute atomic E-state index is 4.47. The van der Waals surface area contributed by atoms with Crippen molar-refractivity contribution in [2.45, 2.75) is 13.8 Å². The Kier molecular flexibility index (Phi) is 19.6. The van der Waals surface area contributed by atoms with Gasteiger partial charge in [0.2, 0.25) is 0 Å². The molecule has 96 heavy (non-hydrogen) atoms. The SMILES string of the molecule is Brc1ccc(-c2nnc(-c3ccccc3)n2-c2ccccc2)cc1.Brc1ccc(-c2nnc(-c3ccccc3)n2-c2ccncc2)cc1.Cc1ccc(-c2nnc(-c3ccccn3)n2-c2ccccc2)cc1.Cc1ccc(-c2nnc(-c3ccccn3)n2-c2ccncc2)cc1. The number of halogens is 2. The second kappa shape index (κ2) is 30.1. The highest BCUT2D eigenvalue weighted by atomic mass is 79.9. The molecule has 0 saturated heterocycles. The summed E-state index contributed by atoms with van der Waals surface area (Å²) in [5.74, 6) is 6.29. The zero-order valence-corrected chi connectivity index (χ0v) is 55.1. The number of para-hydroxylation sites is 2. The van der Waals surface area contributed by atoms with E-state index in [0.717, 1.165) is 117 Å². The summed E-state index contributed by atoms with van der Waals surface area (Å²) in [6.45, 7) is 4.14. The smallest absolute Gasteiger partial charge is 0.187 e. The van der Waals surface area contributed by atoms with Crippen molar-refractivity contribution >= 4 is 31.9 Å². The molecule has 0 N–H and O–H groups in total. The summed E-state index contributed by atoms with van der Waals surface area (Å²) >= 11 is 6.95. The minimum absolute atomic E-state index is 0.706. The lowest BCUT2D eigenvalue weighted by Gasteiger charge is -2.10. The molecule has 0 bridgehead atoms. The van der Waals surface area contributed by atoms with Crippen LogP contribution in [0.4, 0.5) is 0 Å². The minimum atomic E-state index is 0.706. The minimum Gasteiger partial charge on any atom is -0.275 e. The van der Waals surface area contributed by atoms with E-state index in [-0.39, 0.29) is 0 Å². The Bertz CT molecular complexity index is 4430. The largest absolute Gasteiger partial charge is 0.275 e. The molecule has 0 aliphatic rings. The van der Waals surface area contributed by atoms with E-state index in [4.69, 9.17) is 0 Å². The van der Waals surface area contributed by atoms with Gasteiger partial charge in [0.15, 0.2) is 46.6 Å². The number of hydrogen-bond donors (Lipinski definition) is 0. The molecular weight excluding hydrogens is 1320 g/mol. The van der Waals surface area contributed by atoms with Crippen LogP contribution in [0, 0.1) is 13.8 Å². The van der Waals surface area contributed by atoms with Crippen LogP contribution in [0.1, 0.15) is 11.1 Å². The fourth-order valence-corrected chi connectivity index (χ4v) is 11.0. The quantitative estimate of drug-likeness (QED) is 0.113. The monoisotopic (exact) mass is 1380 g/mol. The highest BCUT2D eigenvalue weighted by Gasteiger charge is 2.22. The second-order valence-electron chi connectivity index (χ2n) is 21.7. The average Bonchev–Trinajstić information content (AvgIpc) is 1.65. The molecule has 16 rings (SSSR count). The summed E-state index contributed by atoms with van der Waals surface area (Å²) in [6.07, 6.45) is 10.6. The summed E-state index contributed by atoms with van der Waals surface area (Å²) in [5, 5.41) is 35.5. The molecule has 464 valence electrons. The number of nitrogens with zero attached hydrogens (tertiary/aromatic N) is 16. The number of aromatic nitrogens is 16. The van der Waals surface area contributed by atoms with Crippen LogP contribution in [-0.4, -0.2) is 79.0 Å². The van der Waals surface area contributed by atoms with Crippen LogP contribution in [-0.2, 0) is 0 Å². The highest BCUT2D eigenvalue weighted by Crippen LogP contribution is 2.33. The van der Waals surface area contributed by atoms with Crippen LogP contribution in [0.15, 0.2) is 325 Å². The lowest BCUT2D eigenvalue weighted by Crippen LogP contribution is -2.01. The normalized spacial score (nSPS) is 10.7. The maximum atomic E-state index is 4.47. The average molecular weight is 1380 g/mol. The van der Waals surface area contributed by atoms with E-state index < -0.39 is 0 Å². The molecule has 16 nitrogen and oxygen atoms in total. The van der Waals surface area contributed by atoms with Gasteiger partial charge in [-0.25, -0.2) is 0 Å². The van der Waals surface area contributed by atoms with Gasteiger partial charge in [0.1, 0.15) is 11.4 Å². The summed E-state index contributed by atoms with van der Waals surface area (Å²) in [7, 11) is 0. The third-order valence-corrected chi connectivity index (χ3v) is 16.3. The van der Waals surface area contributed by atoms with Gasteiger partial charge in [-0.3, -0.25) is 38.2 Å². The van der Waals surface area contributed by atoms with Crippen LogP contribution < -0.4 is 0 Å². The van der Waals surface area contributed by atoms with Gasteiger partial charge < -0.3 is 0 Å². The summed E-state index contributed by atoms with van der Waals surface area (Å²) < 4.78 is 10.3. The molecular formula is C78H58Br2N16. The standard InChI is InChI=1S/C20H14BrN3.C20H16N4.C19H13BrN4.C19H15N5/c21-17-13-11-16(12-14-17)20-23-22-19(15-7-3-1-4-8-15)24(20)18-9-5-2-6-10-18;1-15-10-12-16(13-11-15)19-22-23-20(18-9-5-6-14-21-18)24(19)17-7-3-2-4-8-17;20-16-8-6-15(7-9-16)19-23-22-18(14-4-2-1-3-5-14)24(19)17-10-12-21-13-11-17;1-14-5-7-15(8-6-14)18-22-23-19(17-4-2-3-11-21-17)24(18)16-9-12-20-13-10-16/h1-14H;2-14H,1H3;1-13H;2-13H,1H3. The van der Waals surface area contributed by atoms with Crippen molar-refractivity contribution in [2.24, 2.45) is 0 Å². The van der Waals surface area contributed by atoms with Gasteiger partial charge >= 0.3 is 0 Å². The van der Waals surface area contributed by atoms with Crippen LogP contribution in [0.3, 0.4) is 0 Å². The first-order valence-corrected chi connectivity index (χ1v) is 32.2. The Labute approximate surface area is 571 Å². The Morgan fingerprint density at radius 3 is 0.750 bits per heavy atom. The van der Waals surface area contributed by atoms with Gasteiger partial charge in [-0.1, -0.05) is 225 Å². The number of pyridine rings is 4. The van der Waals surface area contributed by atoms with Gasteiger partial charge in [0.05, 0.1) is 11.4 Å². The van der Waals surface area contributed by atoms with Crippen LogP contribution >= 0.6 is 31.9 Å². The number of benzene rings is 8. The predicted octanol–water partition coefficient (Wildman–Crippen LogP) is 18.1. The second-order valence-corrected chi connectivity index (χ2v) is 23.6. The maximum Gasteiger partial charge on any atom is 0.187 e. The third-order valence-electron chi connectivity index (χ3n) is 15.2. The first kappa shape index (κ1) is 62.7. The molecule has 18 heteroatoms. The van der Waals surface area contributed by atoms with Crippen molar-refractivity contribution in [2.75, 3.05) is 0 Å². The van der Waals surface area contributed by atoms with Crippen molar-refractivity contribution < 1.29 is 0 Å².